The zero-order valence-electron chi connectivity index (χ0n) is 13.4. The van der Waals surface area contributed by atoms with Crippen LogP contribution in [0.3, 0.4) is 0 Å². The molecule has 124 valence electrons. The van der Waals surface area contributed by atoms with Crippen molar-refractivity contribution >= 4 is 34.3 Å². The highest BCUT2D eigenvalue weighted by atomic mass is 79.9. The van der Waals surface area contributed by atoms with Crippen LogP contribution in [0.15, 0.2) is 52.5 Å². The maximum atomic E-state index is 12.0. The molecule has 0 saturated carbocycles. The second-order valence-electron chi connectivity index (χ2n) is 5.16. The van der Waals surface area contributed by atoms with Crippen LogP contribution in [-0.2, 0) is 9.53 Å². The van der Waals surface area contributed by atoms with Gasteiger partial charge in [-0.2, -0.15) is 0 Å². The van der Waals surface area contributed by atoms with Crippen LogP contribution in [0.5, 0.6) is 5.75 Å². The zero-order chi connectivity index (χ0) is 17.5. The lowest BCUT2D eigenvalue weighted by molar-refractivity contribution is -0.136. The number of carbonyl (C=O) groups excluding carboxylic acids is 2. The molecule has 0 aliphatic rings. The van der Waals surface area contributed by atoms with Gasteiger partial charge in [0.05, 0.1) is 18.2 Å². The van der Waals surface area contributed by atoms with E-state index < -0.39 is 5.97 Å². The minimum Gasteiger partial charge on any atom is -0.488 e. The first-order chi connectivity index (χ1) is 11.5. The number of carbonyl (C=O) groups is 2. The van der Waals surface area contributed by atoms with E-state index in [1.54, 1.807) is 24.3 Å². The predicted molar refractivity (Wildman–Crippen MR) is 96.2 cm³/mol. The Morgan fingerprint density at radius 3 is 2.50 bits per heavy atom. The van der Waals surface area contributed by atoms with Gasteiger partial charge in [-0.1, -0.05) is 45.8 Å². The summed E-state index contributed by atoms with van der Waals surface area (Å²) >= 11 is 3.30. The summed E-state index contributed by atoms with van der Waals surface area (Å²) in [5, 5.41) is 0. The molecular formula is C19H17BrO4. The van der Waals surface area contributed by atoms with Crippen molar-refractivity contribution in [2.75, 3.05) is 13.7 Å². The summed E-state index contributed by atoms with van der Waals surface area (Å²) < 4.78 is 11.2. The molecule has 24 heavy (non-hydrogen) atoms. The van der Waals surface area contributed by atoms with Gasteiger partial charge in [0.1, 0.15) is 12.4 Å². The van der Waals surface area contributed by atoms with E-state index in [1.807, 2.05) is 31.2 Å². The molecule has 2 rings (SSSR count). The van der Waals surface area contributed by atoms with Crippen LogP contribution >= 0.6 is 15.9 Å². The molecule has 0 bridgehead atoms. The lowest BCUT2D eigenvalue weighted by Gasteiger charge is -2.11. The molecule has 0 aliphatic carbocycles. The lowest BCUT2D eigenvalue weighted by Crippen LogP contribution is -2.13. The van der Waals surface area contributed by atoms with E-state index in [-0.39, 0.29) is 6.61 Å². The Hall–Kier alpha value is -2.40. The second kappa shape index (κ2) is 8.45. The van der Waals surface area contributed by atoms with Gasteiger partial charge in [-0.25, -0.2) is 4.79 Å². The molecule has 4 nitrogen and oxygen atoms in total. The van der Waals surface area contributed by atoms with E-state index in [4.69, 9.17) is 9.47 Å². The Labute approximate surface area is 149 Å². The van der Waals surface area contributed by atoms with Crippen molar-refractivity contribution in [1.29, 1.82) is 0 Å². The van der Waals surface area contributed by atoms with Gasteiger partial charge in [0.25, 0.3) is 0 Å². The monoisotopic (exact) mass is 388 g/mol. The fourth-order valence-corrected chi connectivity index (χ4v) is 2.43. The van der Waals surface area contributed by atoms with Crippen molar-refractivity contribution in [2.45, 2.75) is 6.92 Å². The summed E-state index contributed by atoms with van der Waals surface area (Å²) in [4.78, 5) is 23.1. The third-order valence-corrected chi connectivity index (χ3v) is 3.84. The Kier molecular flexibility index (Phi) is 6.32. The van der Waals surface area contributed by atoms with E-state index in [2.05, 4.69) is 15.9 Å². The second-order valence-corrected chi connectivity index (χ2v) is 6.08. The third-order valence-electron chi connectivity index (χ3n) is 3.35. The third kappa shape index (κ3) is 4.80. The standard InChI is InChI=1S/C19H17BrO4/c1-13-3-5-14(6-4-13)9-16(19(22)23-2)12-24-18-8-7-17(20)10-15(18)11-21/h3-11H,12H2,1-2H3. The van der Waals surface area contributed by atoms with Crippen molar-refractivity contribution in [3.8, 4) is 5.75 Å². The van der Waals surface area contributed by atoms with Gasteiger partial charge in [-0.05, 0) is 36.8 Å². The van der Waals surface area contributed by atoms with Gasteiger partial charge in [0.15, 0.2) is 6.29 Å². The van der Waals surface area contributed by atoms with Gasteiger partial charge < -0.3 is 9.47 Å². The SMILES string of the molecule is COC(=O)C(=Cc1ccc(C)cc1)COc1ccc(Br)cc1C=O. The fraction of sp³-hybridized carbons (Fsp3) is 0.158. The normalized spacial score (nSPS) is 11.0. The van der Waals surface area contributed by atoms with E-state index in [1.165, 1.54) is 7.11 Å². The number of aryl methyl sites for hydroxylation is 1. The maximum absolute atomic E-state index is 12.0. The maximum Gasteiger partial charge on any atom is 0.337 e. The highest BCUT2D eigenvalue weighted by Gasteiger charge is 2.12. The van der Waals surface area contributed by atoms with Crippen molar-refractivity contribution in [1.82, 2.24) is 0 Å². The summed E-state index contributed by atoms with van der Waals surface area (Å²) in [6.45, 7) is 2.00. The molecule has 0 aliphatic heterocycles. The number of aldehydes is 1. The van der Waals surface area contributed by atoms with E-state index >= 15 is 0 Å². The molecule has 0 saturated heterocycles. The first-order valence-electron chi connectivity index (χ1n) is 7.26. The van der Waals surface area contributed by atoms with Crippen LogP contribution in [0.2, 0.25) is 0 Å². The average molecular weight is 389 g/mol. The number of methoxy groups -OCH3 is 1. The molecule has 0 unspecified atom stereocenters. The first-order valence-corrected chi connectivity index (χ1v) is 8.06. The summed E-state index contributed by atoms with van der Waals surface area (Å²) in [6.07, 6.45) is 2.42. The van der Waals surface area contributed by atoms with Gasteiger partial charge in [-0.3, -0.25) is 4.79 Å². The minimum absolute atomic E-state index is 0.00300. The molecule has 0 aromatic heterocycles. The molecule has 0 amide bonds. The molecule has 0 fully saturated rings. The number of esters is 1. The molecular weight excluding hydrogens is 372 g/mol. The van der Waals surface area contributed by atoms with Gasteiger partial charge >= 0.3 is 5.97 Å². The molecule has 0 atom stereocenters. The van der Waals surface area contributed by atoms with Crippen LogP contribution < -0.4 is 4.74 Å². The number of rotatable bonds is 6. The van der Waals surface area contributed by atoms with Crippen LogP contribution in [0.1, 0.15) is 21.5 Å². The van der Waals surface area contributed by atoms with Crippen molar-refractivity contribution in [3.63, 3.8) is 0 Å². The fourth-order valence-electron chi connectivity index (χ4n) is 2.05. The van der Waals surface area contributed by atoms with Gasteiger partial charge in [0, 0.05) is 4.47 Å². The van der Waals surface area contributed by atoms with Gasteiger partial charge in [0.2, 0.25) is 0 Å². The van der Waals surface area contributed by atoms with Crippen LogP contribution in [-0.4, -0.2) is 26.0 Å². The highest BCUT2D eigenvalue weighted by molar-refractivity contribution is 9.10. The largest absolute Gasteiger partial charge is 0.488 e. The Bertz CT molecular complexity index is 763. The summed E-state index contributed by atoms with van der Waals surface area (Å²) in [7, 11) is 1.32. The number of hydrogen-bond acceptors (Lipinski definition) is 4. The Morgan fingerprint density at radius 2 is 1.88 bits per heavy atom. The molecule has 2 aromatic rings. The van der Waals surface area contributed by atoms with Crippen molar-refractivity contribution < 1.29 is 19.1 Å². The summed E-state index contributed by atoms with van der Waals surface area (Å²) in [6, 6.07) is 12.8. The van der Waals surface area contributed by atoms with Gasteiger partial charge in [-0.15, -0.1) is 0 Å². The predicted octanol–water partition coefficient (Wildman–Crippen LogP) is 4.21. The average Bonchev–Trinajstić information content (AvgIpc) is 2.60. The Balaban J connectivity index is 2.22. The smallest absolute Gasteiger partial charge is 0.337 e. The quantitative estimate of drug-likeness (QED) is 0.422. The van der Waals surface area contributed by atoms with E-state index in [0.29, 0.717) is 23.2 Å². The lowest BCUT2D eigenvalue weighted by atomic mass is 10.1. The molecule has 0 spiro atoms. The van der Waals surface area contributed by atoms with Crippen LogP contribution in [0.25, 0.3) is 6.08 Å². The summed E-state index contributed by atoms with van der Waals surface area (Å²) in [5.74, 6) is -0.0627. The number of benzene rings is 2. The highest BCUT2D eigenvalue weighted by Crippen LogP contribution is 2.22. The number of hydrogen-bond donors (Lipinski definition) is 0. The number of ether oxygens (including phenoxy) is 2. The number of halogens is 1. The van der Waals surface area contributed by atoms with Crippen LogP contribution in [0, 0.1) is 6.92 Å². The zero-order valence-corrected chi connectivity index (χ0v) is 15.0. The van der Waals surface area contributed by atoms with Crippen LogP contribution in [0.4, 0.5) is 0 Å². The van der Waals surface area contributed by atoms with E-state index in [9.17, 15) is 9.59 Å². The topological polar surface area (TPSA) is 52.6 Å². The minimum atomic E-state index is -0.472. The van der Waals surface area contributed by atoms with Crippen molar-refractivity contribution in [2.24, 2.45) is 0 Å². The van der Waals surface area contributed by atoms with E-state index in [0.717, 1.165) is 15.6 Å². The molecule has 0 N–H and O–H groups in total. The molecule has 5 heteroatoms. The molecule has 2 aromatic carbocycles. The Morgan fingerprint density at radius 1 is 1.17 bits per heavy atom. The first kappa shape index (κ1) is 17.9. The summed E-state index contributed by atoms with van der Waals surface area (Å²) in [5.41, 5.74) is 2.77. The molecule has 0 heterocycles. The van der Waals surface area contributed by atoms with Crippen molar-refractivity contribution in [3.05, 3.63) is 69.2 Å². The molecule has 0 radical (unpaired) electrons.